The van der Waals surface area contributed by atoms with Gasteiger partial charge in [0.05, 0.1) is 17.9 Å². The fourth-order valence-corrected chi connectivity index (χ4v) is 3.36. The third kappa shape index (κ3) is 4.87. The Labute approximate surface area is 180 Å². The van der Waals surface area contributed by atoms with E-state index < -0.39 is 0 Å². The minimum absolute atomic E-state index is 0.0378. The SMILES string of the molecule is CC(NCC(=O)Nc1cc(-c2ccccc2)nn1-c1ccccc1)c1ccccc1F. The molecule has 156 valence electrons. The molecule has 1 atom stereocenters. The summed E-state index contributed by atoms with van der Waals surface area (Å²) in [4.78, 5) is 12.7. The summed E-state index contributed by atoms with van der Waals surface area (Å²) in [6, 6.07) is 27.5. The molecule has 4 rings (SSSR count). The van der Waals surface area contributed by atoms with Gasteiger partial charge < -0.3 is 10.6 Å². The van der Waals surface area contributed by atoms with Crippen molar-refractivity contribution in [3.63, 3.8) is 0 Å². The van der Waals surface area contributed by atoms with Crippen molar-refractivity contribution in [2.45, 2.75) is 13.0 Å². The zero-order valence-corrected chi connectivity index (χ0v) is 17.1. The van der Waals surface area contributed by atoms with Crippen molar-refractivity contribution in [2.75, 3.05) is 11.9 Å². The van der Waals surface area contributed by atoms with Gasteiger partial charge in [0.15, 0.2) is 0 Å². The number of hydrogen-bond acceptors (Lipinski definition) is 3. The lowest BCUT2D eigenvalue weighted by molar-refractivity contribution is -0.115. The molecule has 1 unspecified atom stereocenters. The van der Waals surface area contributed by atoms with Crippen LogP contribution in [-0.4, -0.2) is 22.2 Å². The normalized spacial score (nSPS) is 11.8. The molecule has 1 amide bonds. The third-order valence-corrected chi connectivity index (χ3v) is 4.99. The summed E-state index contributed by atoms with van der Waals surface area (Å²) in [5.74, 6) is 0.0350. The minimum Gasteiger partial charge on any atom is -0.309 e. The van der Waals surface area contributed by atoms with E-state index in [-0.39, 0.29) is 24.3 Å². The average Bonchev–Trinajstić information content (AvgIpc) is 3.22. The van der Waals surface area contributed by atoms with Gasteiger partial charge in [0, 0.05) is 23.2 Å². The van der Waals surface area contributed by atoms with E-state index in [4.69, 9.17) is 5.10 Å². The molecule has 31 heavy (non-hydrogen) atoms. The lowest BCUT2D eigenvalue weighted by atomic mass is 10.1. The van der Waals surface area contributed by atoms with Crippen LogP contribution in [0, 0.1) is 5.82 Å². The van der Waals surface area contributed by atoms with Gasteiger partial charge in [-0.3, -0.25) is 4.79 Å². The molecule has 0 aliphatic rings. The second kappa shape index (κ2) is 9.36. The Hall–Kier alpha value is -3.77. The van der Waals surface area contributed by atoms with Crippen LogP contribution in [0.1, 0.15) is 18.5 Å². The van der Waals surface area contributed by atoms with Crippen molar-refractivity contribution in [1.29, 1.82) is 0 Å². The lowest BCUT2D eigenvalue weighted by Crippen LogP contribution is -2.31. The van der Waals surface area contributed by atoms with Gasteiger partial charge in [-0.25, -0.2) is 9.07 Å². The van der Waals surface area contributed by atoms with E-state index in [1.165, 1.54) is 6.07 Å². The lowest BCUT2D eigenvalue weighted by Gasteiger charge is -2.15. The highest BCUT2D eigenvalue weighted by Crippen LogP contribution is 2.24. The topological polar surface area (TPSA) is 59.0 Å². The van der Waals surface area contributed by atoms with Crippen LogP contribution in [0.3, 0.4) is 0 Å². The van der Waals surface area contributed by atoms with Gasteiger partial charge in [-0.05, 0) is 25.1 Å². The number of hydrogen-bond donors (Lipinski definition) is 2. The van der Waals surface area contributed by atoms with Gasteiger partial charge >= 0.3 is 0 Å². The summed E-state index contributed by atoms with van der Waals surface area (Å²) in [5, 5.41) is 10.7. The molecule has 0 saturated heterocycles. The van der Waals surface area contributed by atoms with Gasteiger partial charge in [0.1, 0.15) is 11.6 Å². The fraction of sp³-hybridized carbons (Fsp3) is 0.120. The summed E-state index contributed by atoms with van der Waals surface area (Å²) >= 11 is 0. The van der Waals surface area contributed by atoms with Gasteiger partial charge in [-0.2, -0.15) is 5.10 Å². The maximum Gasteiger partial charge on any atom is 0.239 e. The molecule has 1 aromatic heterocycles. The first kappa shape index (κ1) is 20.5. The van der Waals surface area contributed by atoms with Crippen molar-refractivity contribution in [3.8, 4) is 16.9 Å². The minimum atomic E-state index is -0.300. The number of benzene rings is 3. The number of halogens is 1. The zero-order valence-electron chi connectivity index (χ0n) is 17.1. The van der Waals surface area contributed by atoms with Crippen molar-refractivity contribution in [3.05, 3.63) is 102 Å². The Morgan fingerprint density at radius 3 is 2.32 bits per heavy atom. The van der Waals surface area contributed by atoms with Crippen LogP contribution in [0.2, 0.25) is 0 Å². The number of anilines is 1. The van der Waals surface area contributed by atoms with Gasteiger partial charge in [0.25, 0.3) is 0 Å². The molecule has 0 radical (unpaired) electrons. The van der Waals surface area contributed by atoms with Gasteiger partial charge in [0.2, 0.25) is 5.91 Å². The monoisotopic (exact) mass is 414 g/mol. The first-order valence-electron chi connectivity index (χ1n) is 10.1. The maximum atomic E-state index is 14.0. The number of carbonyl (C=O) groups excluding carboxylic acids is 1. The number of nitrogens with one attached hydrogen (secondary N) is 2. The Kier molecular flexibility index (Phi) is 6.19. The molecule has 0 bridgehead atoms. The first-order valence-corrected chi connectivity index (χ1v) is 10.1. The quantitative estimate of drug-likeness (QED) is 0.449. The highest BCUT2D eigenvalue weighted by atomic mass is 19.1. The standard InChI is InChI=1S/C25H23FN4O/c1-18(21-14-8-9-15-22(21)26)27-17-25(31)28-24-16-23(19-10-4-2-5-11-19)29-30(24)20-12-6-3-7-13-20/h2-16,18,27H,17H2,1H3,(H,28,31). The maximum absolute atomic E-state index is 14.0. The predicted octanol–water partition coefficient (Wildman–Crippen LogP) is 4.97. The smallest absolute Gasteiger partial charge is 0.239 e. The van der Waals surface area contributed by atoms with Crippen LogP contribution >= 0.6 is 0 Å². The summed E-state index contributed by atoms with van der Waals surface area (Å²) in [5.41, 5.74) is 3.08. The van der Waals surface area contributed by atoms with E-state index in [0.717, 1.165) is 16.9 Å². The highest BCUT2D eigenvalue weighted by Gasteiger charge is 2.15. The van der Waals surface area contributed by atoms with Gasteiger partial charge in [-0.15, -0.1) is 0 Å². The molecule has 0 aliphatic heterocycles. The van der Waals surface area contributed by atoms with E-state index in [9.17, 15) is 9.18 Å². The largest absolute Gasteiger partial charge is 0.309 e. The highest BCUT2D eigenvalue weighted by molar-refractivity contribution is 5.92. The number of amides is 1. The van der Waals surface area contributed by atoms with Crippen LogP contribution in [0.25, 0.3) is 16.9 Å². The zero-order chi connectivity index (χ0) is 21.6. The molecule has 1 heterocycles. The van der Waals surface area contributed by atoms with Crippen molar-refractivity contribution in [1.82, 2.24) is 15.1 Å². The number of aromatic nitrogens is 2. The molecule has 0 aliphatic carbocycles. The summed E-state index contributed by atoms with van der Waals surface area (Å²) in [6.07, 6.45) is 0. The molecule has 0 fully saturated rings. The summed E-state index contributed by atoms with van der Waals surface area (Å²) in [7, 11) is 0. The molecule has 0 spiro atoms. The molecule has 6 heteroatoms. The summed E-state index contributed by atoms with van der Waals surface area (Å²) in [6.45, 7) is 1.86. The van der Waals surface area contributed by atoms with Crippen LogP contribution in [0.4, 0.5) is 10.2 Å². The number of rotatable bonds is 7. The molecule has 3 aromatic carbocycles. The van der Waals surface area contributed by atoms with E-state index in [0.29, 0.717) is 11.4 Å². The van der Waals surface area contributed by atoms with Crippen LogP contribution in [0.15, 0.2) is 91.0 Å². The summed E-state index contributed by atoms with van der Waals surface area (Å²) < 4.78 is 15.7. The fourth-order valence-electron chi connectivity index (χ4n) is 3.36. The van der Waals surface area contributed by atoms with Crippen LogP contribution in [0.5, 0.6) is 0 Å². The number of nitrogens with zero attached hydrogens (tertiary/aromatic N) is 2. The molecular weight excluding hydrogens is 391 g/mol. The van der Waals surface area contributed by atoms with Crippen LogP contribution in [-0.2, 0) is 4.79 Å². The Bertz CT molecular complexity index is 1160. The molecule has 4 aromatic rings. The van der Waals surface area contributed by atoms with E-state index in [1.807, 2.05) is 73.7 Å². The van der Waals surface area contributed by atoms with E-state index >= 15 is 0 Å². The Morgan fingerprint density at radius 2 is 1.61 bits per heavy atom. The van der Waals surface area contributed by atoms with Crippen LogP contribution < -0.4 is 10.6 Å². The molecule has 2 N–H and O–H groups in total. The van der Waals surface area contributed by atoms with Gasteiger partial charge in [-0.1, -0.05) is 66.7 Å². The predicted molar refractivity (Wildman–Crippen MR) is 120 cm³/mol. The first-order chi connectivity index (χ1) is 15.1. The van der Waals surface area contributed by atoms with Crippen molar-refractivity contribution in [2.24, 2.45) is 0 Å². The van der Waals surface area contributed by atoms with Crippen molar-refractivity contribution < 1.29 is 9.18 Å². The third-order valence-electron chi connectivity index (χ3n) is 4.99. The van der Waals surface area contributed by atoms with Crippen molar-refractivity contribution >= 4 is 11.7 Å². The molecule has 5 nitrogen and oxygen atoms in total. The number of carbonyl (C=O) groups is 1. The molecule has 0 saturated carbocycles. The number of para-hydroxylation sites is 1. The van der Waals surface area contributed by atoms with E-state index in [2.05, 4.69) is 10.6 Å². The van der Waals surface area contributed by atoms with E-state index in [1.54, 1.807) is 22.9 Å². The average molecular weight is 414 g/mol. The second-order valence-corrected chi connectivity index (χ2v) is 7.20. The molecular formula is C25H23FN4O. The second-order valence-electron chi connectivity index (χ2n) is 7.20. The Balaban J connectivity index is 1.52. The Morgan fingerprint density at radius 1 is 0.968 bits per heavy atom.